The average molecular weight is 250 g/mol. The Bertz CT molecular complexity index is 393. The molecule has 3 nitrogen and oxygen atoms in total. The normalized spacial score (nSPS) is 28.6. The number of rotatable bonds is 4. The van der Waals surface area contributed by atoms with Crippen molar-refractivity contribution in [3.63, 3.8) is 0 Å². The molecule has 0 bridgehead atoms. The molecule has 2 atom stereocenters. The van der Waals surface area contributed by atoms with Gasteiger partial charge in [-0.15, -0.1) is 0 Å². The van der Waals surface area contributed by atoms with Gasteiger partial charge in [0.25, 0.3) is 0 Å². The maximum Gasteiger partial charge on any atom is 0.333 e. The summed E-state index contributed by atoms with van der Waals surface area (Å²) in [5.74, 6) is 0.147. The predicted molar refractivity (Wildman–Crippen MR) is 71.0 cm³/mol. The second-order valence-electron chi connectivity index (χ2n) is 5.28. The maximum absolute atomic E-state index is 11.9. The van der Waals surface area contributed by atoms with E-state index in [1.165, 1.54) is 7.11 Å². The molecule has 0 aliphatic heterocycles. The first-order valence-corrected chi connectivity index (χ1v) is 6.36. The zero-order valence-corrected chi connectivity index (χ0v) is 11.7. The van der Waals surface area contributed by atoms with Gasteiger partial charge in [0, 0.05) is 11.0 Å². The highest BCUT2D eigenvalue weighted by atomic mass is 16.5. The molecule has 0 N–H and O–H groups in total. The second kappa shape index (κ2) is 5.98. The molecule has 0 heterocycles. The van der Waals surface area contributed by atoms with Crippen LogP contribution in [0.1, 0.15) is 40.0 Å². The Morgan fingerprint density at radius 3 is 2.83 bits per heavy atom. The Morgan fingerprint density at radius 1 is 1.61 bits per heavy atom. The fraction of sp³-hybridized carbons (Fsp3) is 0.600. The third-order valence-corrected chi connectivity index (χ3v) is 4.09. The number of ether oxygens (including phenoxy) is 1. The summed E-state index contributed by atoms with van der Waals surface area (Å²) in [5.41, 5.74) is 1.22. The number of methoxy groups -OCH3 is 1. The van der Waals surface area contributed by atoms with Crippen molar-refractivity contribution in [3.8, 4) is 0 Å². The van der Waals surface area contributed by atoms with Gasteiger partial charge in [0.2, 0.25) is 0 Å². The summed E-state index contributed by atoms with van der Waals surface area (Å²) >= 11 is 0. The molecule has 0 saturated carbocycles. The van der Waals surface area contributed by atoms with E-state index in [4.69, 9.17) is 4.74 Å². The van der Waals surface area contributed by atoms with Gasteiger partial charge >= 0.3 is 5.97 Å². The molecule has 1 rings (SSSR count). The molecule has 0 aromatic heterocycles. The zero-order chi connectivity index (χ0) is 13.8. The minimum Gasteiger partial charge on any atom is -0.466 e. The molecule has 0 fully saturated rings. The van der Waals surface area contributed by atoms with Crippen LogP contribution in [-0.2, 0) is 14.3 Å². The van der Waals surface area contributed by atoms with Crippen LogP contribution in [0.3, 0.4) is 0 Å². The van der Waals surface area contributed by atoms with E-state index in [-0.39, 0.29) is 11.4 Å². The van der Waals surface area contributed by atoms with E-state index in [0.717, 1.165) is 24.7 Å². The first-order chi connectivity index (χ1) is 8.45. The molecular formula is C15H22O3. The first-order valence-electron chi connectivity index (χ1n) is 6.36. The summed E-state index contributed by atoms with van der Waals surface area (Å²) in [6, 6.07) is 0. The lowest BCUT2D eigenvalue weighted by molar-refractivity contribution is -0.138. The van der Waals surface area contributed by atoms with Crippen molar-refractivity contribution in [2.24, 2.45) is 11.3 Å². The molecule has 3 heteroatoms. The maximum atomic E-state index is 11.9. The average Bonchev–Trinajstić information content (AvgIpc) is 2.38. The van der Waals surface area contributed by atoms with Gasteiger partial charge in [0.05, 0.1) is 7.11 Å². The summed E-state index contributed by atoms with van der Waals surface area (Å²) in [6.45, 7) is 6.01. The standard InChI is InChI=1S/C15H22O3/c1-11(10-16)8-9-15(3)12(2)6-5-7-13(15)14(17)18-4/h7-8,10,12H,5-6,9H2,1-4H3/b11-8+/t12-,15+/m1/s1. The molecule has 0 aromatic carbocycles. The summed E-state index contributed by atoms with van der Waals surface area (Å²) in [7, 11) is 1.41. The van der Waals surface area contributed by atoms with E-state index >= 15 is 0 Å². The van der Waals surface area contributed by atoms with Crippen LogP contribution in [0, 0.1) is 11.3 Å². The van der Waals surface area contributed by atoms with Crippen molar-refractivity contribution in [2.75, 3.05) is 7.11 Å². The number of carbonyl (C=O) groups is 2. The summed E-state index contributed by atoms with van der Waals surface area (Å²) in [5, 5.41) is 0. The van der Waals surface area contributed by atoms with Crippen LogP contribution in [-0.4, -0.2) is 19.4 Å². The number of esters is 1. The van der Waals surface area contributed by atoms with Crippen molar-refractivity contribution >= 4 is 12.3 Å². The van der Waals surface area contributed by atoms with Gasteiger partial charge in [-0.25, -0.2) is 4.79 Å². The SMILES string of the molecule is COC(=O)C1=CCC[C@@H](C)[C@]1(C)C/C=C(\C)C=O. The molecule has 0 amide bonds. The lowest BCUT2D eigenvalue weighted by Crippen LogP contribution is -2.34. The van der Waals surface area contributed by atoms with Gasteiger partial charge in [-0.2, -0.15) is 0 Å². The third kappa shape index (κ3) is 2.89. The molecule has 1 aliphatic carbocycles. The van der Waals surface area contributed by atoms with Crippen molar-refractivity contribution in [3.05, 3.63) is 23.3 Å². The minimum atomic E-state index is -0.249. The summed E-state index contributed by atoms with van der Waals surface area (Å²) in [4.78, 5) is 22.5. The smallest absolute Gasteiger partial charge is 0.333 e. The number of hydrogen-bond acceptors (Lipinski definition) is 3. The van der Waals surface area contributed by atoms with E-state index < -0.39 is 0 Å². The van der Waals surface area contributed by atoms with Gasteiger partial charge in [0.15, 0.2) is 0 Å². The zero-order valence-electron chi connectivity index (χ0n) is 11.7. The van der Waals surface area contributed by atoms with Crippen LogP contribution < -0.4 is 0 Å². The van der Waals surface area contributed by atoms with Crippen molar-refractivity contribution in [1.82, 2.24) is 0 Å². The largest absolute Gasteiger partial charge is 0.466 e. The van der Waals surface area contributed by atoms with Crippen LogP contribution in [0.25, 0.3) is 0 Å². The molecule has 0 saturated heterocycles. The van der Waals surface area contributed by atoms with Gasteiger partial charge in [-0.3, -0.25) is 4.79 Å². The van der Waals surface area contributed by atoms with Gasteiger partial charge in [0.1, 0.15) is 6.29 Å². The topological polar surface area (TPSA) is 43.4 Å². The monoisotopic (exact) mass is 250 g/mol. The van der Waals surface area contributed by atoms with Gasteiger partial charge < -0.3 is 4.74 Å². The highest BCUT2D eigenvalue weighted by Gasteiger charge is 2.39. The summed E-state index contributed by atoms with van der Waals surface area (Å²) < 4.78 is 4.87. The molecule has 0 aromatic rings. The predicted octanol–water partition coefficient (Wildman–Crippen LogP) is 3.06. The van der Waals surface area contributed by atoms with Crippen LogP contribution in [0.2, 0.25) is 0 Å². The van der Waals surface area contributed by atoms with E-state index in [1.807, 2.05) is 12.2 Å². The number of aldehydes is 1. The lowest BCUT2D eigenvalue weighted by atomic mass is 9.65. The Hall–Kier alpha value is -1.38. The Kier molecular flexibility index (Phi) is 4.88. The first kappa shape index (κ1) is 14.7. The highest BCUT2D eigenvalue weighted by Crippen LogP contribution is 2.45. The van der Waals surface area contributed by atoms with E-state index in [2.05, 4.69) is 13.8 Å². The number of allylic oxidation sites excluding steroid dienone is 3. The van der Waals surface area contributed by atoms with Crippen molar-refractivity contribution in [1.29, 1.82) is 0 Å². The van der Waals surface area contributed by atoms with E-state index in [0.29, 0.717) is 17.9 Å². The Labute approximate surface area is 109 Å². The lowest BCUT2D eigenvalue weighted by Gasteiger charge is -2.39. The van der Waals surface area contributed by atoms with E-state index in [1.54, 1.807) is 6.92 Å². The van der Waals surface area contributed by atoms with Crippen LogP contribution in [0.4, 0.5) is 0 Å². The molecule has 0 spiro atoms. The Balaban J connectivity index is 3.04. The summed E-state index contributed by atoms with van der Waals surface area (Å²) in [6.07, 6.45) is 7.40. The minimum absolute atomic E-state index is 0.240. The third-order valence-electron chi connectivity index (χ3n) is 4.09. The number of hydrogen-bond donors (Lipinski definition) is 0. The van der Waals surface area contributed by atoms with Crippen molar-refractivity contribution < 1.29 is 14.3 Å². The number of carbonyl (C=O) groups excluding carboxylic acids is 2. The molecular weight excluding hydrogens is 228 g/mol. The van der Waals surface area contributed by atoms with Crippen molar-refractivity contribution in [2.45, 2.75) is 40.0 Å². The van der Waals surface area contributed by atoms with E-state index in [9.17, 15) is 9.59 Å². The van der Waals surface area contributed by atoms with Gasteiger partial charge in [-0.05, 0) is 37.7 Å². The van der Waals surface area contributed by atoms with Crippen LogP contribution in [0.5, 0.6) is 0 Å². The fourth-order valence-electron chi connectivity index (χ4n) is 2.45. The molecule has 1 aliphatic rings. The molecule has 18 heavy (non-hydrogen) atoms. The van der Waals surface area contributed by atoms with Gasteiger partial charge in [-0.1, -0.05) is 26.0 Å². The van der Waals surface area contributed by atoms with Crippen LogP contribution >= 0.6 is 0 Å². The molecule has 100 valence electrons. The van der Waals surface area contributed by atoms with Crippen LogP contribution in [0.15, 0.2) is 23.3 Å². The molecule has 0 radical (unpaired) electrons. The highest BCUT2D eigenvalue weighted by molar-refractivity contribution is 5.90. The fourth-order valence-corrected chi connectivity index (χ4v) is 2.45. The molecule has 0 unspecified atom stereocenters. The Morgan fingerprint density at radius 2 is 2.28 bits per heavy atom. The second-order valence-corrected chi connectivity index (χ2v) is 5.28. The quantitative estimate of drug-likeness (QED) is 0.437.